The number of carboxylic acids is 1. The standard InChI is InChI=1S/C11H14N2O4/c1-13(6-4-10(14)15)9-7-8(3-5-12-9)11(16)17-2/h3,5,7H,4,6H2,1-2H3,(H,14,15). The molecule has 0 spiro atoms. The first-order valence-electron chi connectivity index (χ1n) is 5.02. The van der Waals surface area contributed by atoms with Gasteiger partial charge in [0.05, 0.1) is 19.1 Å². The third kappa shape index (κ3) is 3.75. The van der Waals surface area contributed by atoms with E-state index in [1.807, 2.05) is 0 Å². The van der Waals surface area contributed by atoms with Crippen LogP contribution in [0.4, 0.5) is 5.82 Å². The van der Waals surface area contributed by atoms with Gasteiger partial charge in [-0.2, -0.15) is 0 Å². The number of pyridine rings is 1. The van der Waals surface area contributed by atoms with Gasteiger partial charge in [0.15, 0.2) is 0 Å². The number of hydrogen-bond acceptors (Lipinski definition) is 5. The second-order valence-corrected chi connectivity index (χ2v) is 3.46. The highest BCUT2D eigenvalue weighted by Crippen LogP contribution is 2.12. The van der Waals surface area contributed by atoms with E-state index in [1.165, 1.54) is 13.3 Å². The van der Waals surface area contributed by atoms with E-state index in [9.17, 15) is 9.59 Å². The van der Waals surface area contributed by atoms with Crippen LogP contribution in [0.2, 0.25) is 0 Å². The van der Waals surface area contributed by atoms with Gasteiger partial charge in [-0.3, -0.25) is 4.79 Å². The first-order valence-corrected chi connectivity index (χ1v) is 5.02. The van der Waals surface area contributed by atoms with Crippen molar-refractivity contribution in [3.05, 3.63) is 23.9 Å². The summed E-state index contributed by atoms with van der Waals surface area (Å²) in [6, 6.07) is 3.11. The third-order valence-corrected chi connectivity index (χ3v) is 2.22. The number of carboxylic acid groups (broad SMARTS) is 1. The molecule has 0 saturated heterocycles. The molecule has 0 aliphatic rings. The Bertz CT molecular complexity index is 420. The summed E-state index contributed by atoms with van der Waals surface area (Å²) in [7, 11) is 3.02. The molecule has 1 aromatic rings. The maximum absolute atomic E-state index is 11.3. The van der Waals surface area contributed by atoms with Crippen LogP contribution in [0.1, 0.15) is 16.8 Å². The molecule has 0 atom stereocenters. The minimum atomic E-state index is -0.874. The van der Waals surface area contributed by atoms with Gasteiger partial charge in [-0.05, 0) is 12.1 Å². The molecule has 92 valence electrons. The zero-order valence-corrected chi connectivity index (χ0v) is 9.71. The molecule has 0 radical (unpaired) electrons. The number of aromatic nitrogens is 1. The predicted octanol–water partition coefficient (Wildman–Crippen LogP) is 0.779. The highest BCUT2D eigenvalue weighted by atomic mass is 16.5. The lowest BCUT2D eigenvalue weighted by molar-refractivity contribution is -0.136. The SMILES string of the molecule is COC(=O)c1ccnc(N(C)CCC(=O)O)c1. The van der Waals surface area contributed by atoms with Crippen LogP contribution >= 0.6 is 0 Å². The summed E-state index contributed by atoms with van der Waals surface area (Å²) in [5, 5.41) is 8.57. The van der Waals surface area contributed by atoms with Crippen molar-refractivity contribution in [2.75, 3.05) is 25.6 Å². The van der Waals surface area contributed by atoms with E-state index >= 15 is 0 Å². The molecule has 0 aliphatic heterocycles. The lowest BCUT2D eigenvalue weighted by Crippen LogP contribution is -2.22. The maximum Gasteiger partial charge on any atom is 0.338 e. The highest BCUT2D eigenvalue weighted by molar-refractivity contribution is 5.90. The summed E-state index contributed by atoms with van der Waals surface area (Å²) in [4.78, 5) is 27.5. The van der Waals surface area contributed by atoms with Crippen molar-refractivity contribution < 1.29 is 19.4 Å². The average molecular weight is 238 g/mol. The fraction of sp³-hybridized carbons (Fsp3) is 0.364. The quantitative estimate of drug-likeness (QED) is 0.763. The van der Waals surface area contributed by atoms with Crippen LogP contribution < -0.4 is 4.90 Å². The number of hydrogen-bond donors (Lipinski definition) is 1. The van der Waals surface area contributed by atoms with Crippen LogP contribution in [-0.4, -0.2) is 42.7 Å². The number of methoxy groups -OCH3 is 1. The second kappa shape index (κ2) is 5.83. The van der Waals surface area contributed by atoms with Crippen LogP contribution in [0, 0.1) is 0 Å². The Morgan fingerprint density at radius 1 is 1.53 bits per heavy atom. The molecule has 6 heteroatoms. The monoisotopic (exact) mass is 238 g/mol. The topological polar surface area (TPSA) is 79.7 Å². The van der Waals surface area contributed by atoms with Crippen LogP contribution in [0.25, 0.3) is 0 Å². The highest BCUT2D eigenvalue weighted by Gasteiger charge is 2.09. The van der Waals surface area contributed by atoms with Crippen molar-refractivity contribution in [1.29, 1.82) is 0 Å². The summed E-state index contributed by atoms with van der Waals surface area (Å²) in [6.45, 7) is 0.326. The molecule has 1 rings (SSSR count). The number of aliphatic carboxylic acids is 1. The second-order valence-electron chi connectivity index (χ2n) is 3.46. The number of ether oxygens (including phenoxy) is 1. The minimum Gasteiger partial charge on any atom is -0.481 e. The average Bonchev–Trinajstić information content (AvgIpc) is 2.35. The Morgan fingerprint density at radius 3 is 2.82 bits per heavy atom. The third-order valence-electron chi connectivity index (χ3n) is 2.22. The number of nitrogens with zero attached hydrogens (tertiary/aromatic N) is 2. The first kappa shape index (κ1) is 13.0. The van der Waals surface area contributed by atoms with E-state index in [-0.39, 0.29) is 6.42 Å². The van der Waals surface area contributed by atoms with E-state index in [2.05, 4.69) is 9.72 Å². The van der Waals surface area contributed by atoms with Crippen LogP contribution in [0.3, 0.4) is 0 Å². The van der Waals surface area contributed by atoms with Gasteiger partial charge in [0.1, 0.15) is 5.82 Å². The summed E-state index contributed by atoms with van der Waals surface area (Å²) < 4.78 is 4.59. The van der Waals surface area contributed by atoms with Crippen molar-refractivity contribution in [3.8, 4) is 0 Å². The summed E-state index contributed by atoms with van der Waals surface area (Å²) in [5.41, 5.74) is 0.389. The molecule has 6 nitrogen and oxygen atoms in total. The summed E-state index contributed by atoms with van der Waals surface area (Å²) >= 11 is 0. The molecule has 0 bridgehead atoms. The van der Waals surface area contributed by atoms with Crippen molar-refractivity contribution >= 4 is 17.8 Å². The Morgan fingerprint density at radius 2 is 2.24 bits per heavy atom. The summed E-state index contributed by atoms with van der Waals surface area (Å²) in [6.07, 6.45) is 1.50. The molecule has 0 aliphatic carbocycles. The zero-order valence-electron chi connectivity index (χ0n) is 9.71. The van der Waals surface area contributed by atoms with E-state index in [0.29, 0.717) is 17.9 Å². The largest absolute Gasteiger partial charge is 0.481 e. The molecule has 0 unspecified atom stereocenters. The van der Waals surface area contributed by atoms with Crippen molar-refractivity contribution in [3.63, 3.8) is 0 Å². The van der Waals surface area contributed by atoms with E-state index in [0.717, 1.165) is 0 Å². The normalized spacial score (nSPS) is 9.76. The molecule has 0 fully saturated rings. The molecule has 1 heterocycles. The number of carbonyl (C=O) groups is 2. The van der Waals surface area contributed by atoms with Gasteiger partial charge in [0.25, 0.3) is 0 Å². The van der Waals surface area contributed by atoms with Crippen LogP contribution in [0.5, 0.6) is 0 Å². The Kier molecular flexibility index (Phi) is 4.45. The van der Waals surface area contributed by atoms with Crippen LogP contribution in [-0.2, 0) is 9.53 Å². The Balaban J connectivity index is 2.76. The smallest absolute Gasteiger partial charge is 0.338 e. The first-order chi connectivity index (χ1) is 8.04. The number of anilines is 1. The molecule has 17 heavy (non-hydrogen) atoms. The number of carbonyl (C=O) groups excluding carboxylic acids is 1. The van der Waals surface area contributed by atoms with E-state index in [1.54, 1.807) is 24.1 Å². The van der Waals surface area contributed by atoms with Gasteiger partial charge in [-0.1, -0.05) is 0 Å². The van der Waals surface area contributed by atoms with Gasteiger partial charge < -0.3 is 14.7 Å². The van der Waals surface area contributed by atoms with E-state index in [4.69, 9.17) is 5.11 Å². The fourth-order valence-corrected chi connectivity index (χ4v) is 1.25. The molecular weight excluding hydrogens is 224 g/mol. The molecular formula is C11H14N2O4. The predicted molar refractivity (Wildman–Crippen MR) is 61.1 cm³/mol. The van der Waals surface area contributed by atoms with Gasteiger partial charge in [0, 0.05) is 19.8 Å². The molecule has 0 saturated carbocycles. The maximum atomic E-state index is 11.3. The van der Waals surface area contributed by atoms with Crippen molar-refractivity contribution in [2.24, 2.45) is 0 Å². The zero-order chi connectivity index (χ0) is 12.8. The van der Waals surface area contributed by atoms with E-state index < -0.39 is 11.9 Å². The van der Waals surface area contributed by atoms with Gasteiger partial charge >= 0.3 is 11.9 Å². The number of esters is 1. The fourth-order valence-electron chi connectivity index (χ4n) is 1.25. The molecule has 1 aromatic heterocycles. The van der Waals surface area contributed by atoms with Gasteiger partial charge in [-0.25, -0.2) is 9.78 Å². The number of rotatable bonds is 5. The van der Waals surface area contributed by atoms with Gasteiger partial charge in [0.2, 0.25) is 0 Å². The molecule has 1 N–H and O–H groups in total. The summed E-state index contributed by atoms with van der Waals surface area (Å²) in [5.74, 6) is -0.782. The van der Waals surface area contributed by atoms with Crippen LogP contribution in [0.15, 0.2) is 18.3 Å². The molecule has 0 aromatic carbocycles. The lowest BCUT2D eigenvalue weighted by atomic mass is 10.2. The molecule has 0 amide bonds. The van der Waals surface area contributed by atoms with Crippen molar-refractivity contribution in [1.82, 2.24) is 4.98 Å². The van der Waals surface area contributed by atoms with Crippen molar-refractivity contribution in [2.45, 2.75) is 6.42 Å². The Hall–Kier alpha value is -2.11. The van der Waals surface area contributed by atoms with Gasteiger partial charge in [-0.15, -0.1) is 0 Å². The lowest BCUT2D eigenvalue weighted by Gasteiger charge is -2.17. The Labute approximate surface area is 98.8 Å². The minimum absolute atomic E-state index is 0.0145.